The molecular formula is C26H33ClF3N5S. The molecule has 10 heteroatoms. The molecule has 5 nitrogen and oxygen atoms in total. The van der Waals surface area contributed by atoms with Crippen LogP contribution in [0.25, 0.3) is 0 Å². The Bertz CT molecular complexity index is 1060. The maximum Gasteiger partial charge on any atom is 0.433 e. The summed E-state index contributed by atoms with van der Waals surface area (Å²) in [6.07, 6.45) is 1.80. The van der Waals surface area contributed by atoms with E-state index in [4.69, 9.17) is 23.8 Å². The van der Waals surface area contributed by atoms with Gasteiger partial charge in [0.25, 0.3) is 0 Å². The first-order valence-electron chi connectivity index (χ1n) is 12.6. The number of rotatable bonds is 5. The van der Waals surface area contributed by atoms with Gasteiger partial charge in [0.1, 0.15) is 5.82 Å². The Balaban J connectivity index is 1.52. The van der Waals surface area contributed by atoms with Crippen molar-refractivity contribution in [2.45, 2.75) is 64.0 Å². The SMILES string of the molecule is CC1CC(C)CN(c2cc(C(F)(F)F)nc(NC(=S)NCC3(c4cccc(Cl)c4)CCCCC3)n2)C1. The quantitative estimate of drug-likeness (QED) is 0.407. The topological polar surface area (TPSA) is 53.1 Å². The van der Waals surface area contributed by atoms with Crippen LogP contribution in [0.3, 0.4) is 0 Å². The molecule has 2 fully saturated rings. The lowest BCUT2D eigenvalue weighted by atomic mass is 9.69. The Kier molecular flexibility index (Phi) is 8.29. The summed E-state index contributed by atoms with van der Waals surface area (Å²) in [5, 5.41) is 6.94. The largest absolute Gasteiger partial charge is 0.433 e. The maximum atomic E-state index is 13.7. The molecule has 1 aliphatic carbocycles. The molecule has 0 amide bonds. The molecule has 4 rings (SSSR count). The molecule has 2 atom stereocenters. The van der Waals surface area contributed by atoms with Crippen LogP contribution in [-0.4, -0.2) is 34.7 Å². The first-order valence-corrected chi connectivity index (χ1v) is 13.3. The molecule has 2 N–H and O–H groups in total. The number of nitrogens with zero attached hydrogens (tertiary/aromatic N) is 3. The second-order valence-corrected chi connectivity index (χ2v) is 11.3. The van der Waals surface area contributed by atoms with Crippen LogP contribution in [0.5, 0.6) is 0 Å². The van der Waals surface area contributed by atoms with Gasteiger partial charge in [0.2, 0.25) is 5.95 Å². The van der Waals surface area contributed by atoms with Gasteiger partial charge < -0.3 is 15.5 Å². The van der Waals surface area contributed by atoms with E-state index in [0.717, 1.165) is 43.7 Å². The first-order chi connectivity index (χ1) is 17.0. The van der Waals surface area contributed by atoms with E-state index in [9.17, 15) is 13.2 Å². The Morgan fingerprint density at radius 1 is 1.11 bits per heavy atom. The van der Waals surface area contributed by atoms with E-state index in [1.807, 2.05) is 23.1 Å². The molecule has 0 radical (unpaired) electrons. The molecule has 2 unspecified atom stereocenters. The fourth-order valence-corrected chi connectivity index (χ4v) is 6.01. The van der Waals surface area contributed by atoms with Gasteiger partial charge in [0.15, 0.2) is 10.8 Å². The van der Waals surface area contributed by atoms with Crippen LogP contribution in [-0.2, 0) is 11.6 Å². The zero-order valence-corrected chi connectivity index (χ0v) is 22.2. The Morgan fingerprint density at radius 3 is 2.44 bits per heavy atom. The minimum Gasteiger partial charge on any atom is -0.361 e. The van der Waals surface area contributed by atoms with Gasteiger partial charge in [-0.25, -0.2) is 4.98 Å². The number of nitrogens with one attached hydrogen (secondary N) is 2. The van der Waals surface area contributed by atoms with Crippen molar-refractivity contribution in [1.29, 1.82) is 0 Å². The average Bonchev–Trinajstić information content (AvgIpc) is 2.82. The third-order valence-corrected chi connectivity index (χ3v) is 7.74. The molecule has 0 bridgehead atoms. The van der Waals surface area contributed by atoms with Crippen molar-refractivity contribution in [3.05, 3.63) is 46.6 Å². The monoisotopic (exact) mass is 539 g/mol. The molecule has 1 saturated carbocycles. The van der Waals surface area contributed by atoms with E-state index in [0.29, 0.717) is 36.5 Å². The predicted octanol–water partition coefficient (Wildman–Crippen LogP) is 6.82. The number of hydrogen-bond donors (Lipinski definition) is 2. The summed E-state index contributed by atoms with van der Waals surface area (Å²) >= 11 is 11.8. The van der Waals surface area contributed by atoms with E-state index in [-0.39, 0.29) is 22.3 Å². The lowest BCUT2D eigenvalue weighted by molar-refractivity contribution is -0.141. The predicted molar refractivity (Wildman–Crippen MR) is 143 cm³/mol. The summed E-state index contributed by atoms with van der Waals surface area (Å²) in [7, 11) is 0. The van der Waals surface area contributed by atoms with E-state index < -0.39 is 11.9 Å². The molecule has 0 spiro atoms. The zero-order valence-electron chi connectivity index (χ0n) is 20.7. The van der Waals surface area contributed by atoms with Gasteiger partial charge in [0.05, 0.1) is 0 Å². The van der Waals surface area contributed by atoms with Gasteiger partial charge in [-0.05, 0) is 61.0 Å². The number of thiocarbonyl (C=S) groups is 1. The standard InChI is InChI=1S/C26H33ClF3N5S/c1-17-11-18(2)15-35(14-17)22-13-21(26(28,29)30)32-23(33-22)34-24(36)31-16-25(9-4-3-5-10-25)19-7-6-8-20(27)12-19/h6-8,12-13,17-18H,3-5,9-11,14-16H2,1-2H3,(H2,31,32,33,34,36). The molecule has 2 aliphatic rings. The van der Waals surface area contributed by atoms with Crippen molar-refractivity contribution in [3.8, 4) is 0 Å². The van der Waals surface area contributed by atoms with Gasteiger partial charge in [-0.15, -0.1) is 0 Å². The highest BCUT2D eigenvalue weighted by Gasteiger charge is 2.36. The normalized spacial score (nSPS) is 22.2. The Hall–Kier alpha value is -2.13. The van der Waals surface area contributed by atoms with Crippen LogP contribution in [0.15, 0.2) is 30.3 Å². The van der Waals surface area contributed by atoms with Gasteiger partial charge in [-0.2, -0.15) is 18.2 Å². The molecule has 1 aliphatic heterocycles. The second-order valence-electron chi connectivity index (χ2n) is 10.4. The summed E-state index contributed by atoms with van der Waals surface area (Å²) in [6.45, 7) is 6.07. The first kappa shape index (κ1) is 26.9. The molecule has 36 heavy (non-hydrogen) atoms. The Morgan fingerprint density at radius 2 is 1.81 bits per heavy atom. The van der Waals surface area contributed by atoms with Crippen molar-refractivity contribution >= 4 is 40.7 Å². The van der Waals surface area contributed by atoms with Crippen molar-refractivity contribution in [2.24, 2.45) is 11.8 Å². The number of piperidine rings is 1. The second kappa shape index (κ2) is 11.1. The fraction of sp³-hybridized carbons (Fsp3) is 0.577. The Labute approximate surface area is 221 Å². The lowest BCUT2D eigenvalue weighted by Crippen LogP contribution is -2.44. The minimum atomic E-state index is -4.59. The minimum absolute atomic E-state index is 0.144. The van der Waals surface area contributed by atoms with Gasteiger partial charge in [0, 0.05) is 36.1 Å². The average molecular weight is 540 g/mol. The van der Waals surface area contributed by atoms with Crippen LogP contribution >= 0.6 is 23.8 Å². The number of aromatic nitrogens is 2. The van der Waals surface area contributed by atoms with Crippen LogP contribution < -0.4 is 15.5 Å². The van der Waals surface area contributed by atoms with Gasteiger partial charge in [-0.3, -0.25) is 0 Å². The van der Waals surface area contributed by atoms with Crippen molar-refractivity contribution in [1.82, 2.24) is 15.3 Å². The number of halogens is 4. The van der Waals surface area contributed by atoms with Crippen LogP contribution in [0.1, 0.15) is 63.6 Å². The third-order valence-electron chi connectivity index (χ3n) is 7.26. The van der Waals surface area contributed by atoms with E-state index in [1.165, 1.54) is 6.42 Å². The van der Waals surface area contributed by atoms with Crippen LogP contribution in [0.2, 0.25) is 5.02 Å². The van der Waals surface area contributed by atoms with Crippen molar-refractivity contribution < 1.29 is 13.2 Å². The molecular weight excluding hydrogens is 507 g/mol. The number of alkyl halides is 3. The number of anilines is 2. The van der Waals surface area contributed by atoms with Gasteiger partial charge >= 0.3 is 6.18 Å². The molecule has 2 heterocycles. The fourth-order valence-electron chi connectivity index (χ4n) is 5.66. The molecule has 2 aromatic rings. The van der Waals surface area contributed by atoms with Crippen molar-refractivity contribution in [3.63, 3.8) is 0 Å². The molecule has 1 aromatic carbocycles. The van der Waals surface area contributed by atoms with E-state index in [1.54, 1.807) is 0 Å². The zero-order chi connectivity index (χ0) is 25.9. The molecule has 1 saturated heterocycles. The van der Waals surface area contributed by atoms with Crippen LogP contribution in [0.4, 0.5) is 24.9 Å². The maximum absolute atomic E-state index is 13.7. The van der Waals surface area contributed by atoms with Crippen LogP contribution in [0, 0.1) is 11.8 Å². The summed E-state index contributed by atoms with van der Waals surface area (Å²) in [5.41, 5.74) is 0.0248. The third kappa shape index (κ3) is 6.59. The van der Waals surface area contributed by atoms with Crippen molar-refractivity contribution in [2.75, 3.05) is 29.9 Å². The number of benzene rings is 1. The molecule has 196 valence electrons. The summed E-state index contributed by atoms with van der Waals surface area (Å²) in [6, 6.07) is 8.91. The molecule has 1 aromatic heterocycles. The van der Waals surface area contributed by atoms with E-state index in [2.05, 4.69) is 40.5 Å². The highest BCUT2D eigenvalue weighted by atomic mass is 35.5. The highest BCUT2D eigenvalue weighted by molar-refractivity contribution is 7.80. The highest BCUT2D eigenvalue weighted by Crippen LogP contribution is 2.40. The number of hydrogen-bond acceptors (Lipinski definition) is 4. The van der Waals surface area contributed by atoms with E-state index >= 15 is 0 Å². The lowest BCUT2D eigenvalue weighted by Gasteiger charge is -2.38. The summed E-state index contributed by atoms with van der Waals surface area (Å²) in [5.74, 6) is 0.859. The summed E-state index contributed by atoms with van der Waals surface area (Å²) < 4.78 is 41.0. The smallest absolute Gasteiger partial charge is 0.361 e. The van der Waals surface area contributed by atoms with Gasteiger partial charge in [-0.1, -0.05) is 56.8 Å². The summed E-state index contributed by atoms with van der Waals surface area (Å²) in [4.78, 5) is 10.1.